The van der Waals surface area contributed by atoms with Gasteiger partial charge in [-0.15, -0.1) is 0 Å². The van der Waals surface area contributed by atoms with E-state index in [2.05, 4.69) is 17.4 Å². The fraction of sp³-hybridized carbons (Fsp3) is 0.680. The Morgan fingerprint density at radius 1 is 1.00 bits per heavy atom. The van der Waals surface area contributed by atoms with Gasteiger partial charge in [0.05, 0.1) is 18.8 Å². The second-order valence-corrected chi connectivity index (χ2v) is 9.31. The van der Waals surface area contributed by atoms with Crippen LogP contribution in [0, 0.1) is 11.8 Å². The molecule has 6 heteroatoms. The third-order valence-corrected chi connectivity index (χ3v) is 6.98. The van der Waals surface area contributed by atoms with E-state index in [0.717, 1.165) is 32.1 Å². The smallest absolute Gasteiger partial charge is 0.303 e. The van der Waals surface area contributed by atoms with Crippen LogP contribution in [0.25, 0.3) is 0 Å². The average Bonchev–Trinajstić information content (AvgIpc) is 3.37. The Balaban J connectivity index is 1.26. The number of hydrogen-bond donors (Lipinski definition) is 2. The summed E-state index contributed by atoms with van der Waals surface area (Å²) in [6, 6.07) is 10.2. The van der Waals surface area contributed by atoms with Crippen molar-refractivity contribution in [2.75, 3.05) is 6.61 Å². The van der Waals surface area contributed by atoms with Gasteiger partial charge in [-0.05, 0) is 74.6 Å². The lowest BCUT2D eigenvalue weighted by Crippen LogP contribution is -2.27. The molecule has 31 heavy (non-hydrogen) atoms. The largest absolute Gasteiger partial charge is 0.481 e. The lowest BCUT2D eigenvalue weighted by molar-refractivity contribution is -0.137. The van der Waals surface area contributed by atoms with E-state index >= 15 is 0 Å². The summed E-state index contributed by atoms with van der Waals surface area (Å²) in [5.74, 6) is 0.687. The number of carboxylic acid groups (broad SMARTS) is 1. The first-order valence-corrected chi connectivity index (χ1v) is 12.4. The lowest BCUT2D eigenvalue weighted by atomic mass is 9.74. The summed E-state index contributed by atoms with van der Waals surface area (Å²) in [6.45, 7) is 1.36. The molecule has 2 bridgehead atoms. The number of benzene rings is 1. The van der Waals surface area contributed by atoms with Gasteiger partial charge < -0.3 is 19.9 Å². The Kier molecular flexibility index (Phi) is 10.1. The summed E-state index contributed by atoms with van der Waals surface area (Å²) in [7, 11) is 0. The third-order valence-electron chi connectivity index (χ3n) is 6.71. The van der Waals surface area contributed by atoms with Crippen LogP contribution >= 0.6 is 12.2 Å². The number of fused-ring (bicyclic) bond motifs is 2. The molecule has 172 valence electrons. The highest BCUT2D eigenvalue weighted by Gasteiger charge is 2.47. The molecular weight excluding hydrogens is 410 g/mol. The molecule has 1 aromatic carbocycles. The first-order valence-electron chi connectivity index (χ1n) is 12.0. The van der Waals surface area contributed by atoms with Gasteiger partial charge in [0.25, 0.3) is 5.17 Å². The van der Waals surface area contributed by atoms with Gasteiger partial charge in [-0.2, -0.15) is 0 Å². The van der Waals surface area contributed by atoms with Crippen LogP contribution in [0.4, 0.5) is 0 Å². The van der Waals surface area contributed by atoms with Gasteiger partial charge in [-0.1, -0.05) is 49.6 Å². The van der Waals surface area contributed by atoms with E-state index < -0.39 is 5.97 Å². The molecule has 5 nitrogen and oxygen atoms in total. The molecule has 2 aliphatic rings. The van der Waals surface area contributed by atoms with Crippen molar-refractivity contribution >= 4 is 23.4 Å². The molecule has 1 aromatic rings. The highest BCUT2D eigenvalue weighted by Crippen LogP contribution is 2.47. The van der Waals surface area contributed by atoms with Gasteiger partial charge in [-0.25, -0.2) is 0 Å². The highest BCUT2D eigenvalue weighted by atomic mass is 32.1. The maximum atomic E-state index is 10.6. The van der Waals surface area contributed by atoms with Crippen LogP contribution < -0.4 is 5.32 Å². The van der Waals surface area contributed by atoms with Crippen LogP contribution in [0.3, 0.4) is 0 Å². The average molecular weight is 448 g/mol. The Bertz CT molecular complexity index is 683. The van der Waals surface area contributed by atoms with Gasteiger partial charge >= 0.3 is 5.97 Å². The summed E-state index contributed by atoms with van der Waals surface area (Å²) in [5.41, 5.74) is 1.19. The van der Waals surface area contributed by atoms with Crippen LogP contribution in [0.1, 0.15) is 76.2 Å². The van der Waals surface area contributed by atoms with Crippen molar-refractivity contribution in [3.63, 3.8) is 0 Å². The van der Waals surface area contributed by atoms with Gasteiger partial charge in [0, 0.05) is 13.0 Å². The number of unbranched alkanes of at least 4 members (excludes halogenated alkanes) is 4. The zero-order valence-corrected chi connectivity index (χ0v) is 19.3. The molecule has 2 aliphatic heterocycles. The van der Waals surface area contributed by atoms with E-state index in [4.69, 9.17) is 26.8 Å². The zero-order valence-electron chi connectivity index (χ0n) is 18.5. The molecule has 2 saturated heterocycles. The van der Waals surface area contributed by atoms with Crippen LogP contribution in [-0.4, -0.2) is 35.1 Å². The van der Waals surface area contributed by atoms with Crippen LogP contribution in [0.2, 0.25) is 0 Å². The first kappa shape index (κ1) is 24.0. The number of nitrogens with one attached hydrogen (secondary N) is 1. The molecular formula is C25H37NO4S. The Labute approximate surface area is 191 Å². The number of thiocarbonyl (C=S) groups is 1. The molecule has 0 aliphatic carbocycles. The van der Waals surface area contributed by atoms with Gasteiger partial charge in [0.15, 0.2) is 0 Å². The number of carboxylic acids is 1. The molecule has 2 N–H and O–H groups in total. The van der Waals surface area contributed by atoms with Crippen LogP contribution in [-0.2, 0) is 20.8 Å². The fourth-order valence-electron chi connectivity index (χ4n) is 5.15. The molecule has 0 radical (unpaired) electrons. The summed E-state index contributed by atoms with van der Waals surface area (Å²) >= 11 is 5.28. The van der Waals surface area contributed by atoms with Gasteiger partial charge in [-0.3, -0.25) is 4.79 Å². The Morgan fingerprint density at radius 3 is 2.32 bits per heavy atom. The number of hydrogen-bond acceptors (Lipinski definition) is 4. The SMILES string of the molecule is O=C(O)CCCCCCC1C2CCC(O2)C1CCCCOC(=S)NCc1ccccc1. The van der Waals surface area contributed by atoms with Crippen molar-refractivity contribution in [3.05, 3.63) is 35.9 Å². The molecule has 3 rings (SSSR count). The second-order valence-electron chi connectivity index (χ2n) is 8.94. The lowest BCUT2D eigenvalue weighted by Gasteiger charge is -2.28. The molecule has 4 unspecified atom stereocenters. The molecule has 0 amide bonds. The van der Waals surface area contributed by atoms with Crippen molar-refractivity contribution in [3.8, 4) is 0 Å². The first-order chi connectivity index (χ1) is 15.1. The fourth-order valence-corrected chi connectivity index (χ4v) is 5.30. The summed E-state index contributed by atoms with van der Waals surface area (Å²) in [6.07, 6.45) is 12.4. The monoisotopic (exact) mass is 447 g/mol. The normalized spacial score (nSPS) is 24.3. The maximum absolute atomic E-state index is 10.6. The van der Waals surface area contributed by atoms with E-state index in [0.29, 0.717) is 48.8 Å². The number of aliphatic carboxylic acids is 1. The number of rotatable bonds is 14. The second kappa shape index (κ2) is 13.0. The van der Waals surface area contributed by atoms with E-state index in [9.17, 15) is 4.79 Å². The van der Waals surface area contributed by atoms with Crippen LogP contribution in [0.5, 0.6) is 0 Å². The third kappa shape index (κ3) is 8.08. The number of ether oxygens (including phenoxy) is 2. The predicted molar refractivity (Wildman–Crippen MR) is 126 cm³/mol. The molecule has 2 fully saturated rings. The summed E-state index contributed by atoms with van der Waals surface area (Å²) < 4.78 is 11.9. The minimum Gasteiger partial charge on any atom is -0.481 e. The van der Waals surface area contributed by atoms with E-state index in [1.165, 1.54) is 37.7 Å². The Morgan fingerprint density at radius 2 is 1.65 bits per heavy atom. The quantitative estimate of drug-likeness (QED) is 0.291. The summed E-state index contributed by atoms with van der Waals surface area (Å²) in [4.78, 5) is 10.6. The van der Waals surface area contributed by atoms with Gasteiger partial charge in [0.1, 0.15) is 0 Å². The minimum absolute atomic E-state index is 0.299. The molecule has 2 heterocycles. The molecule has 0 spiro atoms. The van der Waals surface area contributed by atoms with E-state index in [-0.39, 0.29) is 0 Å². The molecule has 4 atom stereocenters. The number of carbonyl (C=O) groups is 1. The van der Waals surface area contributed by atoms with E-state index in [1.54, 1.807) is 0 Å². The summed E-state index contributed by atoms with van der Waals surface area (Å²) in [5, 5.41) is 12.4. The maximum Gasteiger partial charge on any atom is 0.303 e. The molecule has 0 saturated carbocycles. The van der Waals surface area contributed by atoms with Crippen molar-refractivity contribution < 1.29 is 19.4 Å². The van der Waals surface area contributed by atoms with Crippen molar-refractivity contribution in [2.24, 2.45) is 11.8 Å². The van der Waals surface area contributed by atoms with Crippen molar-refractivity contribution in [1.29, 1.82) is 0 Å². The van der Waals surface area contributed by atoms with Crippen molar-refractivity contribution in [1.82, 2.24) is 5.32 Å². The topological polar surface area (TPSA) is 67.8 Å². The van der Waals surface area contributed by atoms with E-state index in [1.807, 2.05) is 18.2 Å². The standard InChI is InChI=1S/C25H37NO4S/c27-24(28)14-7-2-1-6-12-20-21(23-16-15-22(20)30-23)13-8-9-17-29-25(31)26-18-19-10-4-3-5-11-19/h3-5,10-11,20-23H,1-2,6-9,12-18H2,(H,26,31)(H,27,28). The minimum atomic E-state index is -0.682. The van der Waals surface area contributed by atoms with Crippen molar-refractivity contribution in [2.45, 2.75) is 89.4 Å². The molecule has 0 aromatic heterocycles. The predicted octanol–water partition coefficient (Wildman–Crippen LogP) is 5.47. The van der Waals surface area contributed by atoms with Crippen LogP contribution in [0.15, 0.2) is 30.3 Å². The highest BCUT2D eigenvalue weighted by molar-refractivity contribution is 7.80. The van der Waals surface area contributed by atoms with Gasteiger partial charge in [0.2, 0.25) is 0 Å². The zero-order chi connectivity index (χ0) is 21.9. The Hall–Kier alpha value is -1.66.